The summed E-state index contributed by atoms with van der Waals surface area (Å²) in [6.07, 6.45) is 2.05. The topological polar surface area (TPSA) is 99.8 Å². The minimum Gasteiger partial charge on any atom is -0.339 e. The van der Waals surface area contributed by atoms with Gasteiger partial charge in [0.2, 0.25) is 11.7 Å². The molecule has 146 valence electrons. The van der Waals surface area contributed by atoms with Gasteiger partial charge in [0.15, 0.2) is 0 Å². The molecule has 0 radical (unpaired) electrons. The Bertz CT molecular complexity index is 1160. The van der Waals surface area contributed by atoms with Crippen LogP contribution in [0.4, 0.5) is 0 Å². The highest BCUT2D eigenvalue weighted by Gasteiger charge is 2.13. The quantitative estimate of drug-likeness (QED) is 0.535. The lowest BCUT2D eigenvalue weighted by Crippen LogP contribution is -2.21. The summed E-state index contributed by atoms with van der Waals surface area (Å²) in [5.41, 5.74) is 8.50. The number of thiophene rings is 1. The molecule has 0 fully saturated rings. The number of fused-ring (bicyclic) bond motifs is 1. The molecule has 0 spiro atoms. The molecule has 7 nitrogen and oxygen atoms in total. The Labute approximate surface area is 171 Å². The fourth-order valence-electron chi connectivity index (χ4n) is 2.91. The van der Waals surface area contributed by atoms with Crippen molar-refractivity contribution in [2.24, 2.45) is 5.73 Å². The Morgan fingerprint density at radius 3 is 2.68 bits per heavy atom. The van der Waals surface area contributed by atoms with Gasteiger partial charge in [-0.15, -0.1) is 23.7 Å². The first kappa shape index (κ1) is 20.2. The van der Waals surface area contributed by atoms with Crippen LogP contribution in [-0.2, 0) is 19.5 Å². The molecule has 9 heteroatoms. The maximum Gasteiger partial charge on any atom is 0.262 e. The minimum atomic E-state index is -0.0287. The maximum absolute atomic E-state index is 12.7. The lowest BCUT2D eigenvalue weighted by atomic mass is 10.1. The number of benzene rings is 1. The zero-order valence-corrected chi connectivity index (χ0v) is 17.1. The van der Waals surface area contributed by atoms with Gasteiger partial charge >= 0.3 is 0 Å². The molecule has 0 amide bonds. The van der Waals surface area contributed by atoms with E-state index in [4.69, 9.17) is 10.3 Å². The van der Waals surface area contributed by atoms with Crippen LogP contribution in [0.1, 0.15) is 21.9 Å². The molecular weight excluding hydrogens is 398 g/mol. The summed E-state index contributed by atoms with van der Waals surface area (Å²) < 4.78 is 6.93. The van der Waals surface area contributed by atoms with Crippen LogP contribution in [0, 0.1) is 13.8 Å². The number of nitrogens with two attached hydrogens (primary N) is 1. The molecule has 2 N–H and O–H groups in total. The Balaban J connectivity index is 0.00000225. The smallest absolute Gasteiger partial charge is 0.262 e. The van der Waals surface area contributed by atoms with Crippen LogP contribution in [0.15, 0.2) is 39.9 Å². The monoisotopic (exact) mass is 417 g/mol. The molecule has 3 heterocycles. The van der Waals surface area contributed by atoms with Crippen LogP contribution >= 0.6 is 23.7 Å². The zero-order chi connectivity index (χ0) is 19.0. The molecule has 0 aliphatic carbocycles. The van der Waals surface area contributed by atoms with E-state index in [1.54, 1.807) is 22.2 Å². The van der Waals surface area contributed by atoms with Crippen LogP contribution in [0.25, 0.3) is 21.6 Å². The van der Waals surface area contributed by atoms with E-state index >= 15 is 0 Å². The number of aryl methyl sites for hydroxylation is 4. The lowest BCUT2D eigenvalue weighted by molar-refractivity contribution is 0.371. The second kappa shape index (κ2) is 8.22. The Kier molecular flexibility index (Phi) is 5.93. The Morgan fingerprint density at radius 1 is 1.21 bits per heavy atom. The van der Waals surface area contributed by atoms with E-state index in [-0.39, 0.29) is 18.0 Å². The molecule has 4 aromatic rings. The van der Waals surface area contributed by atoms with Crippen molar-refractivity contribution in [1.82, 2.24) is 19.7 Å². The van der Waals surface area contributed by atoms with Gasteiger partial charge in [0.05, 0.1) is 11.7 Å². The first-order valence-electron chi connectivity index (χ1n) is 8.64. The standard InChI is InChI=1S/C19H19N5O2S.ClH/c1-11-12(2)27-18-16(11)19(25)24(10-21-18)8-7-15-22-17(23-26-15)14-5-3-13(9-20)4-6-14;/h3-6,10H,7-9,20H2,1-2H3;1H. The number of nitrogens with zero attached hydrogens (tertiary/aromatic N) is 4. The average Bonchev–Trinajstić information content (AvgIpc) is 3.27. The second-order valence-corrected chi connectivity index (χ2v) is 7.57. The summed E-state index contributed by atoms with van der Waals surface area (Å²) in [6.45, 7) is 4.89. The number of rotatable bonds is 5. The van der Waals surface area contributed by atoms with Gasteiger partial charge < -0.3 is 10.3 Å². The first-order valence-corrected chi connectivity index (χ1v) is 9.45. The highest BCUT2D eigenvalue weighted by atomic mass is 35.5. The summed E-state index contributed by atoms with van der Waals surface area (Å²) in [7, 11) is 0. The highest BCUT2D eigenvalue weighted by molar-refractivity contribution is 7.18. The average molecular weight is 418 g/mol. The molecular formula is C19H20ClN5O2S. The number of hydrogen-bond acceptors (Lipinski definition) is 7. The number of hydrogen-bond donors (Lipinski definition) is 1. The third-order valence-electron chi connectivity index (χ3n) is 4.64. The molecule has 4 rings (SSSR count). The van der Waals surface area contributed by atoms with Gasteiger partial charge in [-0.05, 0) is 25.0 Å². The summed E-state index contributed by atoms with van der Waals surface area (Å²) in [5, 5.41) is 4.73. The van der Waals surface area contributed by atoms with E-state index in [0.29, 0.717) is 36.6 Å². The van der Waals surface area contributed by atoms with Crippen molar-refractivity contribution < 1.29 is 4.52 Å². The molecule has 0 aliphatic heterocycles. The van der Waals surface area contributed by atoms with E-state index in [9.17, 15) is 4.79 Å². The van der Waals surface area contributed by atoms with Crippen LogP contribution in [0.3, 0.4) is 0 Å². The molecule has 0 aliphatic rings. The van der Waals surface area contributed by atoms with Crippen molar-refractivity contribution in [2.45, 2.75) is 33.4 Å². The van der Waals surface area contributed by atoms with Gasteiger partial charge in [0.1, 0.15) is 4.83 Å². The normalized spacial score (nSPS) is 11.0. The Morgan fingerprint density at radius 2 is 1.96 bits per heavy atom. The number of halogens is 1. The van der Waals surface area contributed by atoms with E-state index in [2.05, 4.69) is 15.1 Å². The summed E-state index contributed by atoms with van der Waals surface area (Å²) in [5.74, 6) is 1.01. The van der Waals surface area contributed by atoms with Crippen LogP contribution < -0.4 is 11.3 Å². The van der Waals surface area contributed by atoms with Crippen molar-refractivity contribution in [3.63, 3.8) is 0 Å². The predicted molar refractivity (Wildman–Crippen MR) is 112 cm³/mol. The fourth-order valence-corrected chi connectivity index (χ4v) is 3.90. The maximum atomic E-state index is 12.7. The number of aromatic nitrogens is 4. The molecule has 0 saturated carbocycles. The van der Waals surface area contributed by atoms with E-state index < -0.39 is 0 Å². The minimum absolute atomic E-state index is 0. The van der Waals surface area contributed by atoms with Gasteiger partial charge in [0.25, 0.3) is 5.56 Å². The van der Waals surface area contributed by atoms with Crippen molar-refractivity contribution in [2.75, 3.05) is 0 Å². The third kappa shape index (κ3) is 3.71. The van der Waals surface area contributed by atoms with Crippen LogP contribution in [0.5, 0.6) is 0 Å². The molecule has 28 heavy (non-hydrogen) atoms. The fraction of sp³-hybridized carbons (Fsp3) is 0.263. The first-order chi connectivity index (χ1) is 13.1. The predicted octanol–water partition coefficient (Wildman–Crippen LogP) is 3.25. The molecule has 3 aromatic heterocycles. The third-order valence-corrected chi connectivity index (χ3v) is 5.75. The lowest BCUT2D eigenvalue weighted by Gasteiger charge is -2.03. The summed E-state index contributed by atoms with van der Waals surface area (Å²) in [4.78, 5) is 23.5. The summed E-state index contributed by atoms with van der Waals surface area (Å²) in [6, 6.07) is 7.72. The van der Waals surface area contributed by atoms with Crippen LogP contribution in [0.2, 0.25) is 0 Å². The van der Waals surface area contributed by atoms with Crippen LogP contribution in [-0.4, -0.2) is 19.7 Å². The van der Waals surface area contributed by atoms with Gasteiger partial charge in [-0.2, -0.15) is 4.98 Å². The van der Waals surface area contributed by atoms with E-state index in [1.165, 1.54) is 0 Å². The van der Waals surface area contributed by atoms with Crippen molar-refractivity contribution >= 4 is 34.0 Å². The highest BCUT2D eigenvalue weighted by Crippen LogP contribution is 2.25. The van der Waals surface area contributed by atoms with E-state index in [0.717, 1.165) is 26.4 Å². The largest absolute Gasteiger partial charge is 0.339 e. The zero-order valence-electron chi connectivity index (χ0n) is 15.5. The van der Waals surface area contributed by atoms with Crippen molar-refractivity contribution in [1.29, 1.82) is 0 Å². The van der Waals surface area contributed by atoms with Gasteiger partial charge in [-0.3, -0.25) is 9.36 Å². The van der Waals surface area contributed by atoms with Gasteiger partial charge in [-0.25, -0.2) is 4.98 Å². The van der Waals surface area contributed by atoms with Gasteiger partial charge in [-0.1, -0.05) is 29.4 Å². The molecule has 0 unspecified atom stereocenters. The molecule has 0 saturated heterocycles. The Hall–Kier alpha value is -2.55. The van der Waals surface area contributed by atoms with E-state index in [1.807, 2.05) is 38.1 Å². The SMILES string of the molecule is Cc1sc2ncn(CCc3nc(-c4ccc(CN)cc4)no3)c(=O)c2c1C.Cl. The van der Waals surface area contributed by atoms with Gasteiger partial charge in [0, 0.05) is 30.0 Å². The molecule has 0 atom stereocenters. The summed E-state index contributed by atoms with van der Waals surface area (Å²) >= 11 is 1.55. The molecule has 1 aromatic carbocycles. The molecule has 0 bridgehead atoms. The van der Waals surface area contributed by atoms with Crippen molar-refractivity contribution in [3.8, 4) is 11.4 Å². The second-order valence-electron chi connectivity index (χ2n) is 6.37. The van der Waals surface area contributed by atoms with Crippen molar-refractivity contribution in [3.05, 3.63) is 62.8 Å².